The van der Waals surface area contributed by atoms with E-state index in [2.05, 4.69) is 10.3 Å². The van der Waals surface area contributed by atoms with Gasteiger partial charge in [0.05, 0.1) is 28.3 Å². The van der Waals surface area contributed by atoms with Gasteiger partial charge < -0.3 is 14.8 Å². The van der Waals surface area contributed by atoms with Gasteiger partial charge in [-0.05, 0) is 31.2 Å². The highest BCUT2D eigenvalue weighted by Crippen LogP contribution is 2.31. The molecule has 0 aliphatic carbocycles. The summed E-state index contributed by atoms with van der Waals surface area (Å²) in [4.78, 5) is 16.6. The van der Waals surface area contributed by atoms with Gasteiger partial charge in [-0.25, -0.2) is 4.98 Å². The number of thioether (sulfide) groups is 1. The number of nitrogens with zero attached hydrogens (tertiary/aromatic N) is 1. The van der Waals surface area contributed by atoms with Crippen LogP contribution in [0.15, 0.2) is 51.4 Å². The van der Waals surface area contributed by atoms with E-state index in [-0.39, 0.29) is 17.7 Å². The van der Waals surface area contributed by atoms with Crippen molar-refractivity contribution in [2.24, 2.45) is 0 Å². The molecule has 0 bridgehead atoms. The first kappa shape index (κ1) is 16.0. The molecule has 1 aromatic carbocycles. The summed E-state index contributed by atoms with van der Waals surface area (Å²) in [6.07, 6.45) is 0.653. The lowest BCUT2D eigenvalue weighted by Crippen LogP contribution is -2.34. The zero-order valence-corrected chi connectivity index (χ0v) is 14.1. The summed E-state index contributed by atoms with van der Waals surface area (Å²) < 4.78 is 7.07. The van der Waals surface area contributed by atoms with E-state index in [1.165, 1.54) is 18.0 Å². The van der Waals surface area contributed by atoms with E-state index in [1.54, 1.807) is 23.5 Å². The van der Waals surface area contributed by atoms with E-state index < -0.39 is 6.10 Å². The van der Waals surface area contributed by atoms with Gasteiger partial charge in [0.25, 0.3) is 0 Å². The summed E-state index contributed by atoms with van der Waals surface area (Å²) >= 11 is 2.99. The van der Waals surface area contributed by atoms with Crippen LogP contribution in [0.5, 0.6) is 0 Å². The van der Waals surface area contributed by atoms with Gasteiger partial charge >= 0.3 is 0 Å². The Morgan fingerprint density at radius 2 is 2.22 bits per heavy atom. The van der Waals surface area contributed by atoms with E-state index in [0.29, 0.717) is 5.76 Å². The van der Waals surface area contributed by atoms with Gasteiger partial charge in [0, 0.05) is 0 Å². The molecule has 0 saturated heterocycles. The number of aliphatic hydroxyl groups excluding tert-OH is 1. The number of fused-ring (bicyclic) bond motifs is 1. The standard InChI is InChI=1S/C16H16N2O3S2/c1-10(15(20)17-9-12(19)13-6-4-8-21-13)22-16-18-11-5-2-3-7-14(11)23-16/h2-8,10,12,19H,9H2,1H3,(H,17,20)/t10-,12+/m1/s1. The Labute approximate surface area is 141 Å². The number of rotatable bonds is 6. The van der Waals surface area contributed by atoms with Crippen molar-refractivity contribution in [1.29, 1.82) is 0 Å². The molecule has 0 aliphatic heterocycles. The molecule has 1 amide bonds. The number of carbonyl (C=O) groups excluding carboxylic acids is 1. The van der Waals surface area contributed by atoms with Crippen molar-refractivity contribution in [3.8, 4) is 0 Å². The molecule has 0 aliphatic rings. The molecule has 2 atom stereocenters. The fourth-order valence-electron chi connectivity index (χ4n) is 2.03. The number of nitrogens with one attached hydrogen (secondary N) is 1. The van der Waals surface area contributed by atoms with Crippen LogP contribution >= 0.6 is 23.1 Å². The molecule has 23 heavy (non-hydrogen) atoms. The molecule has 5 nitrogen and oxygen atoms in total. The molecule has 0 spiro atoms. The smallest absolute Gasteiger partial charge is 0.233 e. The van der Waals surface area contributed by atoms with E-state index in [9.17, 15) is 9.90 Å². The van der Waals surface area contributed by atoms with Gasteiger partial charge in [-0.2, -0.15) is 0 Å². The maximum Gasteiger partial charge on any atom is 0.233 e. The Hall–Kier alpha value is -1.83. The quantitative estimate of drug-likeness (QED) is 0.669. The average molecular weight is 348 g/mol. The van der Waals surface area contributed by atoms with Crippen LogP contribution in [0.3, 0.4) is 0 Å². The average Bonchev–Trinajstić information content (AvgIpc) is 3.20. The number of carbonyl (C=O) groups is 1. The van der Waals surface area contributed by atoms with Crippen molar-refractivity contribution in [1.82, 2.24) is 10.3 Å². The Morgan fingerprint density at radius 3 is 2.96 bits per heavy atom. The third kappa shape index (κ3) is 3.93. The van der Waals surface area contributed by atoms with Gasteiger partial charge in [0.1, 0.15) is 11.9 Å². The maximum absolute atomic E-state index is 12.1. The number of thiazole rings is 1. The largest absolute Gasteiger partial charge is 0.467 e. The van der Waals surface area contributed by atoms with E-state index in [0.717, 1.165) is 14.6 Å². The second kappa shape index (κ2) is 7.16. The SMILES string of the molecule is C[C@@H](Sc1nc2ccccc2s1)C(=O)NC[C@H](O)c1ccco1. The Kier molecular flexibility index (Phi) is 5.00. The van der Waals surface area contributed by atoms with Crippen LogP contribution in [0.4, 0.5) is 0 Å². The molecule has 2 heterocycles. The highest BCUT2D eigenvalue weighted by molar-refractivity contribution is 8.02. The first-order chi connectivity index (χ1) is 11.1. The van der Waals surface area contributed by atoms with Gasteiger partial charge in [-0.1, -0.05) is 23.9 Å². The zero-order chi connectivity index (χ0) is 16.2. The molecule has 0 unspecified atom stereocenters. The maximum atomic E-state index is 12.1. The molecule has 2 N–H and O–H groups in total. The van der Waals surface area contributed by atoms with Gasteiger partial charge in [-0.3, -0.25) is 4.79 Å². The predicted molar refractivity (Wildman–Crippen MR) is 91.6 cm³/mol. The monoisotopic (exact) mass is 348 g/mol. The topological polar surface area (TPSA) is 75.4 Å². The molecule has 2 aromatic heterocycles. The minimum atomic E-state index is -0.839. The highest BCUT2D eigenvalue weighted by Gasteiger charge is 2.18. The van der Waals surface area contributed by atoms with E-state index >= 15 is 0 Å². The van der Waals surface area contributed by atoms with Crippen LogP contribution in [0, 0.1) is 0 Å². The molecule has 0 fully saturated rings. The molecule has 0 saturated carbocycles. The van der Waals surface area contributed by atoms with Crippen LogP contribution < -0.4 is 5.32 Å². The number of aliphatic hydroxyl groups is 1. The molecule has 120 valence electrons. The van der Waals surface area contributed by atoms with Gasteiger partial charge in [0.15, 0.2) is 4.34 Å². The van der Waals surface area contributed by atoms with Crippen LogP contribution in [0.1, 0.15) is 18.8 Å². The summed E-state index contributed by atoms with van der Waals surface area (Å²) in [6.45, 7) is 1.95. The third-order valence-electron chi connectivity index (χ3n) is 3.26. The van der Waals surface area contributed by atoms with Crippen molar-refractivity contribution >= 4 is 39.2 Å². The van der Waals surface area contributed by atoms with E-state index in [4.69, 9.17) is 4.42 Å². The number of hydrogen-bond acceptors (Lipinski definition) is 6. The summed E-state index contributed by atoms with van der Waals surface area (Å²) in [5.74, 6) is 0.302. The first-order valence-corrected chi connectivity index (χ1v) is 8.84. The highest BCUT2D eigenvalue weighted by atomic mass is 32.2. The van der Waals surface area contributed by atoms with Crippen molar-refractivity contribution in [2.45, 2.75) is 22.6 Å². The number of aromatic nitrogens is 1. The van der Waals surface area contributed by atoms with Gasteiger partial charge in [-0.15, -0.1) is 11.3 Å². The Balaban J connectivity index is 1.55. The summed E-state index contributed by atoms with van der Waals surface area (Å²) in [5, 5.41) is 12.3. The van der Waals surface area contributed by atoms with Crippen LogP contribution in [-0.4, -0.2) is 27.8 Å². The normalized spacial score (nSPS) is 13.8. The number of para-hydroxylation sites is 1. The molecule has 3 rings (SSSR count). The Bertz CT molecular complexity index is 753. The minimum absolute atomic E-state index is 0.122. The summed E-state index contributed by atoms with van der Waals surface area (Å²) in [7, 11) is 0. The molecule has 3 aromatic rings. The molecular weight excluding hydrogens is 332 g/mol. The van der Waals surface area contributed by atoms with Crippen molar-refractivity contribution in [3.05, 3.63) is 48.4 Å². The second-order valence-electron chi connectivity index (χ2n) is 4.98. The first-order valence-electron chi connectivity index (χ1n) is 7.15. The zero-order valence-electron chi connectivity index (χ0n) is 12.4. The minimum Gasteiger partial charge on any atom is -0.467 e. The van der Waals surface area contributed by atoms with Crippen molar-refractivity contribution in [2.75, 3.05) is 6.54 Å². The van der Waals surface area contributed by atoms with Crippen LogP contribution in [0.25, 0.3) is 10.2 Å². The fraction of sp³-hybridized carbons (Fsp3) is 0.250. The number of benzene rings is 1. The predicted octanol–water partition coefficient (Wildman–Crippen LogP) is 3.22. The molecule has 7 heteroatoms. The van der Waals surface area contributed by atoms with Crippen LogP contribution in [-0.2, 0) is 4.79 Å². The summed E-state index contributed by atoms with van der Waals surface area (Å²) in [5.41, 5.74) is 0.945. The molecule has 0 radical (unpaired) electrons. The number of amides is 1. The van der Waals surface area contributed by atoms with Crippen LogP contribution in [0.2, 0.25) is 0 Å². The number of hydrogen-bond donors (Lipinski definition) is 2. The lowest BCUT2D eigenvalue weighted by atomic mass is 10.2. The van der Waals surface area contributed by atoms with Crippen molar-refractivity contribution in [3.63, 3.8) is 0 Å². The molecular formula is C16H16N2O3S2. The lowest BCUT2D eigenvalue weighted by molar-refractivity contribution is -0.120. The fourth-order valence-corrected chi connectivity index (χ4v) is 4.26. The summed E-state index contributed by atoms with van der Waals surface area (Å²) in [6, 6.07) is 11.3. The van der Waals surface area contributed by atoms with Crippen molar-refractivity contribution < 1.29 is 14.3 Å². The number of furan rings is 1. The second-order valence-corrected chi connectivity index (χ2v) is 7.60. The lowest BCUT2D eigenvalue weighted by Gasteiger charge is -2.12. The Morgan fingerprint density at radius 1 is 1.39 bits per heavy atom. The van der Waals surface area contributed by atoms with Gasteiger partial charge in [0.2, 0.25) is 5.91 Å². The third-order valence-corrected chi connectivity index (χ3v) is 5.49. The van der Waals surface area contributed by atoms with E-state index in [1.807, 2.05) is 31.2 Å².